The number of carbonyl (C=O) groups is 3. The molecule has 0 saturated carbocycles. The summed E-state index contributed by atoms with van der Waals surface area (Å²) in [5.74, 6) is 0.571. The zero-order chi connectivity index (χ0) is 28.1. The van der Waals surface area contributed by atoms with E-state index in [2.05, 4.69) is 17.2 Å². The molecule has 0 saturated heterocycles. The molecule has 10 heteroatoms. The molecule has 0 radical (unpaired) electrons. The molecule has 0 heterocycles. The van der Waals surface area contributed by atoms with Gasteiger partial charge in [-0.3, -0.25) is 0 Å². The summed E-state index contributed by atoms with van der Waals surface area (Å²) in [7, 11) is 0. The van der Waals surface area contributed by atoms with Crippen molar-refractivity contribution in [3.8, 4) is 11.5 Å². The number of hydrogen-bond donors (Lipinski definition) is 2. The third-order valence-electron chi connectivity index (χ3n) is 4.17. The van der Waals surface area contributed by atoms with E-state index in [0.29, 0.717) is 61.8 Å². The van der Waals surface area contributed by atoms with Crippen LogP contribution in [0.2, 0.25) is 0 Å². The molecule has 1 rings (SSSR count). The third kappa shape index (κ3) is 16.0. The van der Waals surface area contributed by atoms with Crippen molar-refractivity contribution in [2.24, 2.45) is 0 Å². The minimum Gasteiger partial charge on any atom is -0.493 e. The molecular formula is C27H42N2O8. The summed E-state index contributed by atoms with van der Waals surface area (Å²) in [4.78, 5) is 35.2. The largest absolute Gasteiger partial charge is 0.493 e. The lowest BCUT2D eigenvalue weighted by atomic mass is 10.2. The van der Waals surface area contributed by atoms with Gasteiger partial charge in [0.1, 0.15) is 29.3 Å². The van der Waals surface area contributed by atoms with Crippen molar-refractivity contribution in [3.63, 3.8) is 0 Å². The molecule has 1 aromatic rings. The molecule has 0 spiro atoms. The summed E-state index contributed by atoms with van der Waals surface area (Å²) >= 11 is 0. The van der Waals surface area contributed by atoms with E-state index in [9.17, 15) is 14.4 Å². The number of alkyl carbamates (subject to hydrolysis) is 2. The number of carbonyl (C=O) groups excluding carboxylic acids is 3. The van der Waals surface area contributed by atoms with Crippen molar-refractivity contribution in [1.82, 2.24) is 10.6 Å². The van der Waals surface area contributed by atoms with Gasteiger partial charge in [-0.05, 0) is 79.0 Å². The molecule has 37 heavy (non-hydrogen) atoms. The van der Waals surface area contributed by atoms with Gasteiger partial charge in [0, 0.05) is 24.7 Å². The molecule has 2 amide bonds. The molecule has 0 atom stereocenters. The molecular weight excluding hydrogens is 480 g/mol. The monoisotopic (exact) mass is 522 g/mol. The summed E-state index contributed by atoms with van der Waals surface area (Å²) in [5.41, 5.74) is -0.132. The van der Waals surface area contributed by atoms with Gasteiger partial charge >= 0.3 is 18.2 Å². The standard InChI is InChI=1S/C27H42N2O8/c1-19(2)23(30)35-18-20-15-21(33-13-9-11-28-24(31)36-26(3,4)5)17-22(16-20)34-14-10-12-29-25(32)37-27(6,7)8/h15-17H,1,9-14,18H2,2-8H3,(H,28,31)(H,29,32). The van der Waals surface area contributed by atoms with E-state index in [-0.39, 0.29) is 6.61 Å². The van der Waals surface area contributed by atoms with Crippen LogP contribution in [0.5, 0.6) is 11.5 Å². The molecule has 0 bridgehead atoms. The van der Waals surface area contributed by atoms with Gasteiger partial charge in [0.25, 0.3) is 0 Å². The number of ether oxygens (including phenoxy) is 5. The second-order valence-corrected chi connectivity index (χ2v) is 10.4. The fraction of sp³-hybridized carbons (Fsp3) is 0.593. The molecule has 0 aliphatic heterocycles. The van der Waals surface area contributed by atoms with Gasteiger partial charge in [-0.1, -0.05) is 6.58 Å². The Morgan fingerprint density at radius 2 is 1.22 bits per heavy atom. The Morgan fingerprint density at radius 1 is 0.784 bits per heavy atom. The van der Waals surface area contributed by atoms with E-state index in [1.807, 2.05) is 0 Å². The summed E-state index contributed by atoms with van der Waals surface area (Å²) in [5, 5.41) is 5.36. The smallest absolute Gasteiger partial charge is 0.407 e. The summed E-state index contributed by atoms with van der Waals surface area (Å²) in [6.45, 7) is 17.4. The Labute approximate surface area is 220 Å². The van der Waals surface area contributed by atoms with Crippen molar-refractivity contribution in [2.75, 3.05) is 26.3 Å². The number of esters is 1. The fourth-order valence-electron chi connectivity index (χ4n) is 2.69. The maximum Gasteiger partial charge on any atom is 0.407 e. The Bertz CT molecular complexity index is 860. The summed E-state index contributed by atoms with van der Waals surface area (Å²) in [6.07, 6.45) is 0.151. The number of nitrogens with one attached hydrogen (secondary N) is 2. The second-order valence-electron chi connectivity index (χ2n) is 10.4. The highest BCUT2D eigenvalue weighted by Gasteiger charge is 2.16. The van der Waals surface area contributed by atoms with Crippen LogP contribution < -0.4 is 20.1 Å². The van der Waals surface area contributed by atoms with Crippen molar-refractivity contribution in [1.29, 1.82) is 0 Å². The molecule has 2 N–H and O–H groups in total. The normalized spacial score (nSPS) is 11.2. The first-order valence-electron chi connectivity index (χ1n) is 12.3. The molecule has 208 valence electrons. The first kappa shape index (κ1) is 31.6. The van der Waals surface area contributed by atoms with E-state index in [1.54, 1.807) is 66.7 Å². The first-order chi connectivity index (χ1) is 17.1. The van der Waals surface area contributed by atoms with Gasteiger partial charge in [0.2, 0.25) is 0 Å². The number of amides is 2. The van der Waals surface area contributed by atoms with Crippen LogP contribution in [0.4, 0.5) is 9.59 Å². The van der Waals surface area contributed by atoms with Crippen LogP contribution in [0.25, 0.3) is 0 Å². The van der Waals surface area contributed by atoms with Gasteiger partial charge < -0.3 is 34.3 Å². The van der Waals surface area contributed by atoms with Crippen molar-refractivity contribution in [3.05, 3.63) is 35.9 Å². The molecule has 0 aromatic heterocycles. The molecule has 1 aromatic carbocycles. The van der Waals surface area contributed by atoms with Gasteiger partial charge in [0.15, 0.2) is 0 Å². The molecule has 0 unspecified atom stereocenters. The van der Waals surface area contributed by atoms with Gasteiger partial charge in [-0.25, -0.2) is 14.4 Å². The van der Waals surface area contributed by atoms with Gasteiger partial charge in [-0.15, -0.1) is 0 Å². The SMILES string of the molecule is C=C(C)C(=O)OCc1cc(OCCCNC(=O)OC(C)(C)C)cc(OCCCNC(=O)OC(C)(C)C)c1. The molecule has 0 fully saturated rings. The Kier molecular flexibility index (Phi) is 12.8. The average Bonchev–Trinajstić information content (AvgIpc) is 2.74. The Hall–Kier alpha value is -3.43. The summed E-state index contributed by atoms with van der Waals surface area (Å²) in [6, 6.07) is 5.24. The zero-order valence-electron chi connectivity index (χ0n) is 23.2. The predicted octanol–water partition coefficient (Wildman–Crippen LogP) is 4.89. The van der Waals surface area contributed by atoms with Crippen LogP contribution in [0.15, 0.2) is 30.4 Å². The molecule has 0 aliphatic carbocycles. The van der Waals surface area contributed by atoms with E-state index in [0.717, 1.165) is 0 Å². The third-order valence-corrected chi connectivity index (χ3v) is 4.17. The predicted molar refractivity (Wildman–Crippen MR) is 140 cm³/mol. The van der Waals surface area contributed by atoms with Crippen molar-refractivity contribution >= 4 is 18.2 Å². The van der Waals surface area contributed by atoms with Crippen molar-refractivity contribution in [2.45, 2.75) is 79.1 Å². The van der Waals surface area contributed by atoms with Crippen LogP contribution in [0.3, 0.4) is 0 Å². The maximum atomic E-state index is 11.8. The fourth-order valence-corrected chi connectivity index (χ4v) is 2.69. The lowest BCUT2D eigenvalue weighted by Gasteiger charge is -2.19. The van der Waals surface area contributed by atoms with Crippen LogP contribution in [-0.4, -0.2) is 55.7 Å². The number of rotatable bonds is 13. The highest BCUT2D eigenvalue weighted by Crippen LogP contribution is 2.24. The lowest BCUT2D eigenvalue weighted by molar-refractivity contribution is -0.140. The summed E-state index contributed by atoms with van der Waals surface area (Å²) < 4.78 is 27.3. The topological polar surface area (TPSA) is 121 Å². The number of benzene rings is 1. The van der Waals surface area contributed by atoms with Crippen LogP contribution >= 0.6 is 0 Å². The minimum atomic E-state index is -0.559. The second kappa shape index (κ2) is 15.0. The quantitative estimate of drug-likeness (QED) is 0.162. The number of hydrogen-bond acceptors (Lipinski definition) is 8. The van der Waals surface area contributed by atoms with E-state index >= 15 is 0 Å². The van der Waals surface area contributed by atoms with Gasteiger partial charge in [-0.2, -0.15) is 0 Å². The van der Waals surface area contributed by atoms with Crippen LogP contribution in [0, 0.1) is 0 Å². The first-order valence-corrected chi connectivity index (χ1v) is 12.3. The van der Waals surface area contributed by atoms with Crippen molar-refractivity contribution < 1.29 is 38.1 Å². The van der Waals surface area contributed by atoms with Crippen LogP contribution in [-0.2, 0) is 25.6 Å². The van der Waals surface area contributed by atoms with Crippen LogP contribution in [0.1, 0.15) is 66.9 Å². The van der Waals surface area contributed by atoms with E-state index < -0.39 is 29.4 Å². The average molecular weight is 523 g/mol. The highest BCUT2D eigenvalue weighted by atomic mass is 16.6. The molecule has 10 nitrogen and oxygen atoms in total. The molecule has 0 aliphatic rings. The minimum absolute atomic E-state index is 0.0274. The highest BCUT2D eigenvalue weighted by molar-refractivity contribution is 5.86. The Morgan fingerprint density at radius 3 is 1.59 bits per heavy atom. The van der Waals surface area contributed by atoms with E-state index in [1.165, 1.54) is 0 Å². The lowest BCUT2D eigenvalue weighted by Crippen LogP contribution is -2.33. The van der Waals surface area contributed by atoms with E-state index in [4.69, 9.17) is 23.7 Å². The van der Waals surface area contributed by atoms with Gasteiger partial charge in [0.05, 0.1) is 13.2 Å². The zero-order valence-corrected chi connectivity index (χ0v) is 23.2. The maximum absolute atomic E-state index is 11.8. The Balaban J connectivity index is 2.62.